The van der Waals surface area contributed by atoms with Gasteiger partial charge in [0.2, 0.25) is 0 Å². The average molecular weight is 360 g/mol. The summed E-state index contributed by atoms with van der Waals surface area (Å²) in [6.07, 6.45) is 3.32. The second-order valence-electron chi connectivity index (χ2n) is 5.15. The van der Waals surface area contributed by atoms with Gasteiger partial charge in [-0.2, -0.15) is 0 Å². The number of ether oxygens (including phenoxy) is 2. The van der Waals surface area contributed by atoms with Crippen LogP contribution in [0.3, 0.4) is 0 Å². The maximum atomic E-state index is 6.32. The van der Waals surface area contributed by atoms with E-state index in [2.05, 4.69) is 11.7 Å². The van der Waals surface area contributed by atoms with Crippen molar-refractivity contribution in [2.75, 3.05) is 19.8 Å². The van der Waals surface area contributed by atoms with Crippen LogP contribution in [0.4, 0.5) is 0 Å². The Morgan fingerprint density at radius 1 is 1.22 bits per heavy atom. The SMILES string of the molecule is C=CCOc1cc(Cl)c(OCCCCON=C(C)C)c(Cl)c1C. The van der Waals surface area contributed by atoms with Gasteiger partial charge in [0.25, 0.3) is 0 Å². The van der Waals surface area contributed by atoms with E-state index in [-0.39, 0.29) is 0 Å². The van der Waals surface area contributed by atoms with Crippen LogP contribution in [0.15, 0.2) is 23.9 Å². The fourth-order valence-corrected chi connectivity index (χ4v) is 2.27. The van der Waals surface area contributed by atoms with Gasteiger partial charge in [0, 0.05) is 11.6 Å². The second-order valence-corrected chi connectivity index (χ2v) is 5.94. The fourth-order valence-electron chi connectivity index (χ4n) is 1.72. The number of unbranched alkanes of at least 4 members (excludes halogenated alkanes) is 1. The van der Waals surface area contributed by atoms with E-state index in [0.29, 0.717) is 41.4 Å². The van der Waals surface area contributed by atoms with Crippen LogP contribution >= 0.6 is 23.2 Å². The van der Waals surface area contributed by atoms with Gasteiger partial charge in [-0.3, -0.25) is 0 Å². The maximum Gasteiger partial charge on any atom is 0.156 e. The molecule has 128 valence electrons. The van der Waals surface area contributed by atoms with Gasteiger partial charge in [-0.25, -0.2) is 0 Å². The summed E-state index contributed by atoms with van der Waals surface area (Å²) in [4.78, 5) is 5.12. The summed E-state index contributed by atoms with van der Waals surface area (Å²) in [5.74, 6) is 1.12. The zero-order chi connectivity index (χ0) is 17.2. The van der Waals surface area contributed by atoms with Crippen molar-refractivity contribution >= 4 is 28.9 Å². The minimum atomic E-state index is 0.396. The van der Waals surface area contributed by atoms with Crippen LogP contribution in [0.1, 0.15) is 32.3 Å². The predicted molar refractivity (Wildman–Crippen MR) is 96.4 cm³/mol. The Morgan fingerprint density at radius 2 is 1.91 bits per heavy atom. The normalized spacial score (nSPS) is 10.1. The molecule has 0 bridgehead atoms. The van der Waals surface area contributed by atoms with Crippen LogP contribution < -0.4 is 9.47 Å². The van der Waals surface area contributed by atoms with Crippen molar-refractivity contribution < 1.29 is 14.3 Å². The van der Waals surface area contributed by atoms with Crippen LogP contribution in [0, 0.1) is 6.92 Å². The number of benzene rings is 1. The van der Waals surface area contributed by atoms with E-state index in [0.717, 1.165) is 24.1 Å². The van der Waals surface area contributed by atoms with Gasteiger partial charge in [0.1, 0.15) is 19.0 Å². The van der Waals surface area contributed by atoms with Crippen LogP contribution in [-0.4, -0.2) is 25.5 Å². The molecule has 0 atom stereocenters. The molecule has 1 aromatic rings. The van der Waals surface area contributed by atoms with E-state index in [9.17, 15) is 0 Å². The lowest BCUT2D eigenvalue weighted by Crippen LogP contribution is -2.03. The third-order valence-corrected chi connectivity index (χ3v) is 3.59. The summed E-state index contributed by atoms with van der Waals surface area (Å²) in [6.45, 7) is 10.7. The van der Waals surface area contributed by atoms with Gasteiger partial charge in [0.05, 0.1) is 22.4 Å². The molecule has 1 aromatic carbocycles. The Bertz CT molecular complexity index is 555. The number of nitrogens with zero attached hydrogens (tertiary/aromatic N) is 1. The number of hydrogen-bond donors (Lipinski definition) is 0. The zero-order valence-electron chi connectivity index (χ0n) is 13.8. The molecule has 0 N–H and O–H groups in total. The predicted octanol–water partition coefficient (Wildman–Crippen LogP) is 5.44. The van der Waals surface area contributed by atoms with Crippen molar-refractivity contribution in [3.05, 3.63) is 34.3 Å². The molecule has 0 aliphatic rings. The van der Waals surface area contributed by atoms with Gasteiger partial charge in [-0.1, -0.05) is 41.0 Å². The summed E-state index contributed by atoms with van der Waals surface area (Å²) in [5.41, 5.74) is 1.69. The first-order valence-electron chi connectivity index (χ1n) is 7.45. The molecular weight excluding hydrogens is 337 g/mol. The van der Waals surface area contributed by atoms with Crippen molar-refractivity contribution in [1.82, 2.24) is 0 Å². The molecule has 0 amide bonds. The summed E-state index contributed by atoms with van der Waals surface area (Å²) in [5, 5.41) is 4.77. The van der Waals surface area contributed by atoms with Crippen molar-refractivity contribution in [3.8, 4) is 11.5 Å². The first kappa shape index (κ1) is 19.7. The lowest BCUT2D eigenvalue weighted by Gasteiger charge is -2.15. The highest BCUT2D eigenvalue weighted by atomic mass is 35.5. The van der Waals surface area contributed by atoms with E-state index in [4.69, 9.17) is 37.5 Å². The average Bonchev–Trinajstić information content (AvgIpc) is 2.51. The highest BCUT2D eigenvalue weighted by Crippen LogP contribution is 2.40. The largest absolute Gasteiger partial charge is 0.490 e. The summed E-state index contributed by atoms with van der Waals surface area (Å²) < 4.78 is 11.2. The van der Waals surface area contributed by atoms with Crippen LogP contribution in [0.2, 0.25) is 10.0 Å². The molecule has 0 aromatic heterocycles. The fraction of sp³-hybridized carbons (Fsp3) is 0.471. The number of oxime groups is 1. The van der Waals surface area contributed by atoms with E-state index in [1.54, 1.807) is 12.1 Å². The molecule has 0 heterocycles. The lowest BCUT2D eigenvalue weighted by atomic mass is 10.2. The van der Waals surface area contributed by atoms with Gasteiger partial charge < -0.3 is 14.3 Å². The first-order valence-corrected chi connectivity index (χ1v) is 8.21. The number of halogens is 2. The highest BCUT2D eigenvalue weighted by molar-refractivity contribution is 6.38. The lowest BCUT2D eigenvalue weighted by molar-refractivity contribution is 0.135. The topological polar surface area (TPSA) is 40.0 Å². The zero-order valence-corrected chi connectivity index (χ0v) is 15.3. The molecule has 0 saturated carbocycles. The molecule has 0 unspecified atom stereocenters. The van der Waals surface area contributed by atoms with Crippen molar-refractivity contribution in [3.63, 3.8) is 0 Å². The monoisotopic (exact) mass is 359 g/mol. The molecule has 4 nitrogen and oxygen atoms in total. The Hall–Kier alpha value is -1.39. The molecule has 6 heteroatoms. The number of rotatable bonds is 10. The minimum Gasteiger partial charge on any atom is -0.490 e. The second kappa shape index (κ2) is 10.4. The van der Waals surface area contributed by atoms with E-state index in [1.807, 2.05) is 20.8 Å². The van der Waals surface area contributed by atoms with Crippen LogP contribution in [0.5, 0.6) is 11.5 Å². The van der Waals surface area contributed by atoms with Gasteiger partial charge >= 0.3 is 0 Å². The van der Waals surface area contributed by atoms with Gasteiger partial charge in [-0.15, -0.1) is 0 Å². The summed E-state index contributed by atoms with van der Waals surface area (Å²) in [7, 11) is 0. The van der Waals surface area contributed by atoms with E-state index >= 15 is 0 Å². The molecule has 0 radical (unpaired) electrons. The van der Waals surface area contributed by atoms with Gasteiger partial charge in [0.15, 0.2) is 5.75 Å². The Balaban J connectivity index is 2.52. The van der Waals surface area contributed by atoms with Gasteiger partial charge in [-0.05, 0) is 33.6 Å². The molecule has 0 fully saturated rings. The molecule has 1 rings (SSSR count). The third-order valence-electron chi connectivity index (χ3n) is 2.85. The van der Waals surface area contributed by atoms with E-state index in [1.165, 1.54) is 0 Å². The molecule has 0 aliphatic carbocycles. The minimum absolute atomic E-state index is 0.396. The van der Waals surface area contributed by atoms with Crippen molar-refractivity contribution in [2.24, 2.45) is 5.16 Å². The quantitative estimate of drug-likeness (QED) is 0.241. The maximum absolute atomic E-state index is 6.32. The molecule has 23 heavy (non-hydrogen) atoms. The van der Waals surface area contributed by atoms with E-state index < -0.39 is 0 Å². The smallest absolute Gasteiger partial charge is 0.156 e. The van der Waals surface area contributed by atoms with Crippen molar-refractivity contribution in [1.29, 1.82) is 0 Å². The molecule has 0 aliphatic heterocycles. The summed E-state index contributed by atoms with van der Waals surface area (Å²) >= 11 is 12.5. The van der Waals surface area contributed by atoms with Crippen LogP contribution in [-0.2, 0) is 4.84 Å². The number of hydrogen-bond acceptors (Lipinski definition) is 4. The Labute approximate surface area is 148 Å². The van der Waals surface area contributed by atoms with Crippen molar-refractivity contribution in [2.45, 2.75) is 33.6 Å². The summed E-state index contributed by atoms with van der Waals surface area (Å²) in [6, 6.07) is 1.71. The molecule has 0 saturated heterocycles. The first-order chi connectivity index (χ1) is 11.0. The standard InChI is InChI=1S/C17H23Cl2NO3/c1-5-8-21-15-11-14(18)17(16(19)13(15)4)22-9-6-7-10-23-20-12(2)3/h5,11H,1,6-10H2,2-4H3. The molecule has 0 spiro atoms. The molecular formula is C17H23Cl2NO3. The Kier molecular flexibility index (Phi) is 8.89. The van der Waals surface area contributed by atoms with Crippen LogP contribution in [0.25, 0.3) is 0 Å². The third kappa shape index (κ3) is 6.71. The highest BCUT2D eigenvalue weighted by Gasteiger charge is 2.15. The Morgan fingerprint density at radius 3 is 2.57 bits per heavy atom.